The largest absolute Gasteiger partial charge is 0.513 e. The van der Waals surface area contributed by atoms with Crippen LogP contribution in [0.3, 0.4) is 0 Å². The van der Waals surface area contributed by atoms with Crippen LogP contribution in [0, 0.1) is 15.5 Å². The Bertz CT molecular complexity index is 1010. The Hall–Kier alpha value is -3.11. The Kier molecular flexibility index (Phi) is 8.10. The maximum absolute atomic E-state index is 13.4. The molecule has 0 spiro atoms. The highest BCUT2D eigenvalue weighted by molar-refractivity contribution is 7.52. The van der Waals surface area contributed by atoms with Gasteiger partial charge in [-0.25, -0.2) is 4.57 Å². The van der Waals surface area contributed by atoms with E-state index in [9.17, 15) is 32.6 Å². The summed E-state index contributed by atoms with van der Waals surface area (Å²) < 4.78 is 67.9. The molecule has 0 aliphatic rings. The first-order valence-electron chi connectivity index (χ1n) is 9.52. The number of alkyl halides is 3. The first-order chi connectivity index (χ1) is 15.2. The first-order valence-corrected chi connectivity index (χ1v) is 11.1. The Morgan fingerprint density at radius 3 is 2.06 bits per heavy atom. The number of ether oxygens (including phenoxy) is 1. The maximum atomic E-state index is 13.4. The van der Waals surface area contributed by atoms with Gasteiger partial charge in [-0.2, -0.15) is 18.3 Å². The van der Waals surface area contributed by atoms with Gasteiger partial charge in [0.15, 0.2) is 0 Å². The molecule has 1 N–H and O–H groups in total. The molecule has 2 aromatic carbocycles. The molecule has 13 heteroatoms. The van der Waals surface area contributed by atoms with E-state index in [0.717, 1.165) is 26.0 Å². The van der Waals surface area contributed by atoms with E-state index >= 15 is 0 Å². The van der Waals surface area contributed by atoms with E-state index < -0.39 is 42.9 Å². The van der Waals surface area contributed by atoms with Gasteiger partial charge < -0.3 is 13.8 Å². The number of hydrogen-bond acceptors (Lipinski definition) is 7. The summed E-state index contributed by atoms with van der Waals surface area (Å²) >= 11 is 0. The van der Waals surface area contributed by atoms with Crippen molar-refractivity contribution in [3.8, 4) is 11.5 Å². The highest BCUT2D eigenvalue weighted by atomic mass is 31.2. The molecule has 2 atom stereocenters. The van der Waals surface area contributed by atoms with Crippen LogP contribution in [-0.2, 0) is 14.1 Å². The molecule has 0 bridgehead atoms. The van der Waals surface area contributed by atoms with Gasteiger partial charge in [0.25, 0.3) is 5.69 Å². The number of nitro groups is 1. The number of nitro benzene ring substituents is 1. The Morgan fingerprint density at radius 1 is 1.06 bits per heavy atom. The SMILES string of the molecule is C[C@H](NP(=O)(Oc1ccccc1)Oc1ccc([N+](=O)[O-])cc1)C(=O)OCC(C)(C)C(F)(F)F. The summed E-state index contributed by atoms with van der Waals surface area (Å²) in [6, 6.07) is 10.9. The van der Waals surface area contributed by atoms with Crippen LogP contribution in [0.15, 0.2) is 54.6 Å². The van der Waals surface area contributed by atoms with Crippen molar-refractivity contribution in [2.24, 2.45) is 5.41 Å². The number of rotatable bonds is 10. The Labute approximate surface area is 187 Å². The van der Waals surface area contributed by atoms with Gasteiger partial charge in [0.05, 0.1) is 10.3 Å². The molecule has 0 fully saturated rings. The molecular formula is C20H22F3N2O7P. The summed E-state index contributed by atoms with van der Waals surface area (Å²) in [5.41, 5.74) is -2.53. The number of carbonyl (C=O) groups is 1. The number of halogens is 3. The zero-order chi connectivity index (χ0) is 24.9. The zero-order valence-electron chi connectivity index (χ0n) is 17.9. The lowest BCUT2D eigenvalue weighted by Crippen LogP contribution is -2.41. The maximum Gasteiger partial charge on any atom is 0.513 e. The highest BCUT2D eigenvalue weighted by Crippen LogP contribution is 2.45. The lowest BCUT2D eigenvalue weighted by Gasteiger charge is -2.28. The molecule has 0 aliphatic carbocycles. The van der Waals surface area contributed by atoms with Gasteiger partial charge in [-0.1, -0.05) is 18.2 Å². The van der Waals surface area contributed by atoms with Crippen molar-refractivity contribution < 1.29 is 41.2 Å². The Morgan fingerprint density at radius 2 is 1.58 bits per heavy atom. The predicted molar refractivity (Wildman–Crippen MR) is 112 cm³/mol. The molecule has 0 amide bonds. The minimum Gasteiger partial charge on any atom is -0.464 e. The molecular weight excluding hydrogens is 468 g/mol. The summed E-state index contributed by atoms with van der Waals surface area (Å²) in [5, 5.41) is 13.1. The number of esters is 1. The summed E-state index contributed by atoms with van der Waals surface area (Å²) in [6.07, 6.45) is -4.60. The number of benzene rings is 2. The molecule has 0 aliphatic heterocycles. The normalized spacial score (nSPS) is 14.6. The van der Waals surface area contributed by atoms with Gasteiger partial charge in [-0.3, -0.25) is 14.9 Å². The zero-order valence-corrected chi connectivity index (χ0v) is 18.8. The van der Waals surface area contributed by atoms with E-state index in [0.29, 0.717) is 0 Å². The molecule has 180 valence electrons. The molecule has 9 nitrogen and oxygen atoms in total. The van der Waals surface area contributed by atoms with Crippen molar-refractivity contribution in [3.05, 3.63) is 64.7 Å². The van der Waals surface area contributed by atoms with Crippen LogP contribution in [-0.4, -0.2) is 29.7 Å². The monoisotopic (exact) mass is 490 g/mol. The van der Waals surface area contributed by atoms with Crippen LogP contribution in [0.25, 0.3) is 0 Å². The standard InChI is InChI=1S/C20H22F3N2O7P/c1-14(18(26)30-13-19(2,3)20(21,22)23)24-33(29,31-16-7-5-4-6-8-16)32-17-11-9-15(10-12-17)25(27)28/h4-12,14H,13H2,1-3H3,(H,24,29)/t14-,33?/m0/s1. The van der Waals surface area contributed by atoms with Gasteiger partial charge in [-0.15, -0.1) is 0 Å². The second-order valence-electron chi connectivity index (χ2n) is 7.58. The molecule has 0 saturated heterocycles. The van der Waals surface area contributed by atoms with Crippen LogP contribution in [0.1, 0.15) is 20.8 Å². The van der Waals surface area contributed by atoms with Crippen LogP contribution < -0.4 is 14.1 Å². The quantitative estimate of drug-likeness (QED) is 0.207. The van der Waals surface area contributed by atoms with Crippen molar-refractivity contribution in [2.45, 2.75) is 33.0 Å². The van der Waals surface area contributed by atoms with Crippen molar-refractivity contribution in [1.29, 1.82) is 0 Å². The molecule has 0 radical (unpaired) electrons. The minimum absolute atomic E-state index is 0.0777. The van der Waals surface area contributed by atoms with Crippen LogP contribution in [0.2, 0.25) is 0 Å². The van der Waals surface area contributed by atoms with Gasteiger partial charge in [0, 0.05) is 12.1 Å². The second kappa shape index (κ2) is 10.2. The van der Waals surface area contributed by atoms with E-state index in [4.69, 9.17) is 13.8 Å². The van der Waals surface area contributed by atoms with E-state index in [1.165, 1.54) is 31.2 Å². The van der Waals surface area contributed by atoms with Crippen LogP contribution in [0.4, 0.5) is 18.9 Å². The van der Waals surface area contributed by atoms with Crippen LogP contribution >= 0.6 is 7.75 Å². The fraction of sp³-hybridized carbons (Fsp3) is 0.350. The van der Waals surface area contributed by atoms with Gasteiger partial charge >= 0.3 is 19.9 Å². The summed E-state index contributed by atoms with van der Waals surface area (Å²) in [4.78, 5) is 22.4. The van der Waals surface area contributed by atoms with Gasteiger partial charge in [0.2, 0.25) is 0 Å². The van der Waals surface area contributed by atoms with Crippen molar-refractivity contribution in [3.63, 3.8) is 0 Å². The number of nitrogens with one attached hydrogen (secondary N) is 1. The van der Waals surface area contributed by atoms with E-state index in [1.807, 2.05) is 0 Å². The number of non-ortho nitro benzene ring substituents is 1. The third-order valence-electron chi connectivity index (χ3n) is 4.29. The van der Waals surface area contributed by atoms with Gasteiger partial charge in [0.1, 0.15) is 24.1 Å². The van der Waals surface area contributed by atoms with Gasteiger partial charge in [-0.05, 0) is 45.0 Å². The fourth-order valence-electron chi connectivity index (χ4n) is 2.21. The first kappa shape index (κ1) is 26.1. The lowest BCUT2D eigenvalue weighted by atomic mass is 9.94. The third kappa shape index (κ3) is 7.47. The summed E-state index contributed by atoms with van der Waals surface area (Å²) in [6.45, 7) is 2.01. The third-order valence-corrected chi connectivity index (χ3v) is 5.90. The number of nitrogens with zero attached hydrogens (tertiary/aromatic N) is 1. The minimum atomic E-state index is -4.60. The summed E-state index contributed by atoms with van der Waals surface area (Å²) in [7, 11) is -4.35. The lowest BCUT2D eigenvalue weighted by molar-refractivity contribution is -0.384. The molecule has 1 unspecified atom stereocenters. The van der Waals surface area contributed by atoms with E-state index in [-0.39, 0.29) is 17.2 Å². The average molecular weight is 490 g/mol. The van der Waals surface area contributed by atoms with E-state index in [2.05, 4.69) is 5.09 Å². The van der Waals surface area contributed by atoms with Crippen molar-refractivity contribution in [2.75, 3.05) is 6.61 Å². The molecule has 0 heterocycles. The van der Waals surface area contributed by atoms with Crippen molar-refractivity contribution in [1.82, 2.24) is 5.09 Å². The number of hydrogen-bond donors (Lipinski definition) is 1. The van der Waals surface area contributed by atoms with Crippen LogP contribution in [0.5, 0.6) is 11.5 Å². The summed E-state index contributed by atoms with van der Waals surface area (Å²) in [5.74, 6) is -1.09. The second-order valence-corrected chi connectivity index (χ2v) is 9.20. The number of carbonyl (C=O) groups excluding carboxylic acids is 1. The molecule has 2 rings (SSSR count). The fourth-order valence-corrected chi connectivity index (χ4v) is 3.73. The molecule has 0 aromatic heterocycles. The predicted octanol–water partition coefficient (Wildman–Crippen LogP) is 5.27. The van der Waals surface area contributed by atoms with E-state index in [1.54, 1.807) is 18.2 Å². The molecule has 33 heavy (non-hydrogen) atoms. The molecule has 2 aromatic rings. The average Bonchev–Trinajstić information content (AvgIpc) is 2.72. The smallest absolute Gasteiger partial charge is 0.464 e. The Balaban J connectivity index is 2.18. The van der Waals surface area contributed by atoms with Crippen molar-refractivity contribution >= 4 is 19.4 Å². The number of para-hydroxylation sites is 1. The highest BCUT2D eigenvalue weighted by Gasteiger charge is 2.48. The molecule has 0 saturated carbocycles. The topological polar surface area (TPSA) is 117 Å².